The summed E-state index contributed by atoms with van der Waals surface area (Å²) in [5.41, 5.74) is -0.467. The third-order valence-corrected chi connectivity index (χ3v) is 6.33. The van der Waals surface area contributed by atoms with Crippen LogP contribution in [0.25, 0.3) is 0 Å². The van der Waals surface area contributed by atoms with Crippen LogP contribution in [0.15, 0.2) is 24.3 Å². The maximum atomic E-state index is 13.7. The Morgan fingerprint density at radius 1 is 1.27 bits per heavy atom. The van der Waals surface area contributed by atoms with Crippen LogP contribution in [0.1, 0.15) is 55.4 Å². The summed E-state index contributed by atoms with van der Waals surface area (Å²) in [5.74, 6) is -0.692. The van der Waals surface area contributed by atoms with Crippen LogP contribution in [0.2, 0.25) is 0 Å². The quantitative estimate of drug-likeness (QED) is 0.764. The molecule has 1 fully saturated rings. The van der Waals surface area contributed by atoms with Crippen molar-refractivity contribution in [2.24, 2.45) is 5.92 Å². The molecule has 0 aliphatic carbocycles. The average molecular weight is 428 g/mol. The van der Waals surface area contributed by atoms with Crippen molar-refractivity contribution < 1.29 is 14.4 Å². The summed E-state index contributed by atoms with van der Waals surface area (Å²) >= 11 is 1.32. The molecular weight excluding hydrogens is 402 g/mol. The van der Waals surface area contributed by atoms with Crippen LogP contribution >= 0.6 is 11.3 Å². The predicted octanol–water partition coefficient (Wildman–Crippen LogP) is 3.06. The molecule has 3 amide bonds. The van der Waals surface area contributed by atoms with E-state index in [2.05, 4.69) is 22.4 Å². The van der Waals surface area contributed by atoms with Gasteiger partial charge in [-0.2, -0.15) is 0 Å². The minimum atomic E-state index is -1.40. The van der Waals surface area contributed by atoms with E-state index in [9.17, 15) is 14.4 Å². The number of carbonyl (C=O) groups is 3. The van der Waals surface area contributed by atoms with Crippen LogP contribution in [-0.4, -0.2) is 45.0 Å². The number of hydrogen-bond acceptors (Lipinski definition) is 6. The number of carbonyl (C=O) groups excluding carboxylic acids is 3. The molecule has 1 saturated heterocycles. The molecule has 1 aromatic carbocycles. The lowest BCUT2D eigenvalue weighted by molar-refractivity contribution is -0.129. The maximum Gasteiger partial charge on any atom is 0.273 e. The number of nitrogens with one attached hydrogen (secondary N) is 1. The van der Waals surface area contributed by atoms with E-state index in [1.54, 1.807) is 29.2 Å². The van der Waals surface area contributed by atoms with Gasteiger partial charge in [-0.15, -0.1) is 10.2 Å². The molecule has 0 spiro atoms. The highest BCUT2D eigenvalue weighted by Gasteiger charge is 2.60. The lowest BCUT2D eigenvalue weighted by atomic mass is 9.94. The summed E-state index contributed by atoms with van der Waals surface area (Å²) in [6.07, 6.45) is 2.16. The number of amides is 3. The van der Waals surface area contributed by atoms with Crippen molar-refractivity contribution in [2.45, 2.75) is 52.1 Å². The molecule has 3 heterocycles. The molecule has 2 aliphatic rings. The SMILES string of the molecule is CCCc1nnc(NC(=O)C23CCC(=O)N2c2ccccc2C(=O)N3CC(C)C)s1. The minimum absolute atomic E-state index is 0.124. The number of aromatic nitrogens is 2. The largest absolute Gasteiger partial charge is 0.307 e. The van der Waals surface area contributed by atoms with E-state index in [0.717, 1.165) is 17.8 Å². The highest BCUT2D eigenvalue weighted by Crippen LogP contribution is 2.45. The number of benzene rings is 1. The molecule has 30 heavy (non-hydrogen) atoms. The zero-order chi connectivity index (χ0) is 21.5. The van der Waals surface area contributed by atoms with E-state index < -0.39 is 11.6 Å². The van der Waals surface area contributed by atoms with Crippen molar-refractivity contribution >= 4 is 39.9 Å². The van der Waals surface area contributed by atoms with Gasteiger partial charge in [0, 0.05) is 25.8 Å². The molecule has 0 radical (unpaired) electrons. The normalized spacial score (nSPS) is 20.5. The number of rotatable bonds is 6. The molecule has 158 valence electrons. The van der Waals surface area contributed by atoms with Crippen molar-refractivity contribution in [1.82, 2.24) is 15.1 Å². The van der Waals surface area contributed by atoms with Gasteiger partial charge in [0.05, 0.1) is 11.3 Å². The van der Waals surface area contributed by atoms with E-state index >= 15 is 0 Å². The molecule has 4 rings (SSSR count). The van der Waals surface area contributed by atoms with E-state index in [4.69, 9.17) is 0 Å². The summed E-state index contributed by atoms with van der Waals surface area (Å²) in [4.78, 5) is 43.1. The summed E-state index contributed by atoms with van der Waals surface area (Å²) < 4.78 is 0. The second-order valence-electron chi connectivity index (χ2n) is 8.08. The van der Waals surface area contributed by atoms with E-state index in [1.807, 2.05) is 13.8 Å². The fraction of sp³-hybridized carbons (Fsp3) is 0.476. The van der Waals surface area contributed by atoms with Gasteiger partial charge in [-0.25, -0.2) is 0 Å². The topological polar surface area (TPSA) is 95.5 Å². The Morgan fingerprint density at radius 2 is 2.03 bits per heavy atom. The van der Waals surface area contributed by atoms with Gasteiger partial charge in [-0.3, -0.25) is 24.6 Å². The van der Waals surface area contributed by atoms with Crippen LogP contribution in [0.5, 0.6) is 0 Å². The standard InChI is InChI=1S/C21H25N5O3S/c1-4-7-16-23-24-20(30-16)22-19(29)21-11-10-17(27)26(21)15-9-6-5-8-14(15)18(28)25(21)12-13(2)3/h5-6,8-9,13H,4,7,10-12H2,1-3H3,(H,22,24,29). The zero-order valence-corrected chi connectivity index (χ0v) is 18.2. The molecule has 9 heteroatoms. The summed E-state index contributed by atoms with van der Waals surface area (Å²) in [5, 5.41) is 12.3. The van der Waals surface area contributed by atoms with Gasteiger partial charge < -0.3 is 4.90 Å². The third-order valence-electron chi connectivity index (χ3n) is 5.44. The molecule has 1 N–H and O–H groups in total. The van der Waals surface area contributed by atoms with Crippen LogP contribution in [0.4, 0.5) is 10.8 Å². The molecule has 2 aliphatic heterocycles. The first-order valence-corrected chi connectivity index (χ1v) is 11.1. The molecule has 8 nitrogen and oxygen atoms in total. The van der Waals surface area contributed by atoms with Gasteiger partial charge in [0.2, 0.25) is 16.7 Å². The number of para-hydroxylation sites is 1. The lowest BCUT2D eigenvalue weighted by Crippen LogP contribution is -2.69. The Bertz CT molecular complexity index is 1000. The molecule has 2 aromatic rings. The summed E-state index contributed by atoms with van der Waals surface area (Å²) in [6.45, 7) is 6.39. The van der Waals surface area contributed by atoms with Gasteiger partial charge in [0.15, 0.2) is 0 Å². The van der Waals surface area contributed by atoms with Crippen molar-refractivity contribution in [3.63, 3.8) is 0 Å². The average Bonchev–Trinajstić information content (AvgIpc) is 3.30. The first-order chi connectivity index (χ1) is 14.4. The minimum Gasteiger partial charge on any atom is -0.307 e. The van der Waals surface area contributed by atoms with Crippen LogP contribution in [-0.2, 0) is 16.0 Å². The number of nitrogens with zero attached hydrogens (tertiary/aromatic N) is 4. The molecule has 1 atom stereocenters. The Balaban J connectivity index is 1.79. The van der Waals surface area contributed by atoms with Gasteiger partial charge in [-0.05, 0) is 24.5 Å². The smallest absolute Gasteiger partial charge is 0.273 e. The maximum absolute atomic E-state index is 13.7. The van der Waals surface area contributed by atoms with Crippen molar-refractivity contribution in [1.29, 1.82) is 0 Å². The second-order valence-corrected chi connectivity index (χ2v) is 9.14. The Labute approximate surface area is 179 Å². The fourth-order valence-electron chi connectivity index (χ4n) is 4.22. The fourth-order valence-corrected chi connectivity index (χ4v) is 5.05. The molecule has 1 aromatic heterocycles. The second kappa shape index (κ2) is 7.79. The summed E-state index contributed by atoms with van der Waals surface area (Å²) in [6, 6.07) is 6.99. The van der Waals surface area contributed by atoms with Gasteiger partial charge >= 0.3 is 0 Å². The first-order valence-electron chi connectivity index (χ1n) is 10.3. The van der Waals surface area contributed by atoms with Gasteiger partial charge in [0.25, 0.3) is 11.8 Å². The van der Waals surface area contributed by atoms with Crippen LogP contribution in [0.3, 0.4) is 0 Å². The lowest BCUT2D eigenvalue weighted by Gasteiger charge is -2.49. The van der Waals surface area contributed by atoms with E-state index in [1.165, 1.54) is 16.2 Å². The van der Waals surface area contributed by atoms with Crippen LogP contribution < -0.4 is 10.2 Å². The van der Waals surface area contributed by atoms with Crippen molar-refractivity contribution in [3.8, 4) is 0 Å². The summed E-state index contributed by atoms with van der Waals surface area (Å²) in [7, 11) is 0. The molecular formula is C21H25N5O3S. The molecule has 1 unspecified atom stereocenters. The molecule has 0 saturated carbocycles. The Hall–Kier alpha value is -2.81. The third kappa shape index (κ3) is 3.17. The zero-order valence-electron chi connectivity index (χ0n) is 17.3. The van der Waals surface area contributed by atoms with Crippen molar-refractivity contribution in [3.05, 3.63) is 34.8 Å². The van der Waals surface area contributed by atoms with Gasteiger partial charge in [0.1, 0.15) is 5.01 Å². The van der Waals surface area contributed by atoms with Crippen molar-refractivity contribution in [2.75, 3.05) is 16.8 Å². The molecule has 0 bridgehead atoms. The number of aryl methyl sites for hydroxylation is 1. The van der Waals surface area contributed by atoms with Gasteiger partial charge in [-0.1, -0.05) is 44.2 Å². The first kappa shape index (κ1) is 20.5. The number of anilines is 2. The van der Waals surface area contributed by atoms with E-state index in [-0.39, 0.29) is 30.6 Å². The predicted molar refractivity (Wildman–Crippen MR) is 114 cm³/mol. The number of hydrogen-bond donors (Lipinski definition) is 1. The monoisotopic (exact) mass is 427 g/mol. The Morgan fingerprint density at radius 3 is 2.77 bits per heavy atom. The highest BCUT2D eigenvalue weighted by molar-refractivity contribution is 7.15. The highest BCUT2D eigenvalue weighted by atomic mass is 32.1. The van der Waals surface area contributed by atoms with Crippen LogP contribution in [0, 0.1) is 5.92 Å². The van der Waals surface area contributed by atoms with E-state index in [0.29, 0.717) is 22.9 Å². The Kier molecular flexibility index (Phi) is 5.31. The number of fused-ring (bicyclic) bond motifs is 3.